The van der Waals surface area contributed by atoms with Crippen molar-refractivity contribution in [1.82, 2.24) is 39.0 Å². The minimum atomic E-state index is -4.38. The number of nitrogens with two attached hydrogens (primary N) is 2. The summed E-state index contributed by atoms with van der Waals surface area (Å²) in [4.78, 5) is 34.7. The number of anilines is 2. The van der Waals surface area contributed by atoms with Crippen molar-refractivity contribution in [3.63, 3.8) is 0 Å². The maximum atomic E-state index is 15.9. The number of aromatic amines is 1. The maximum absolute atomic E-state index is 15.9. The summed E-state index contributed by atoms with van der Waals surface area (Å²) >= 11 is 4.04. The topological polar surface area (TPSA) is 269 Å². The zero-order valence-corrected chi connectivity index (χ0v) is 24.7. The van der Waals surface area contributed by atoms with Crippen molar-refractivity contribution in [2.24, 2.45) is 0 Å². The van der Waals surface area contributed by atoms with Crippen molar-refractivity contribution in [3.05, 3.63) is 29.3 Å². The van der Waals surface area contributed by atoms with Crippen LogP contribution in [0.4, 0.5) is 16.2 Å². The highest BCUT2D eigenvalue weighted by atomic mass is 32.7. The van der Waals surface area contributed by atoms with Crippen LogP contribution in [0, 0.1) is 0 Å². The molecule has 236 valence electrons. The lowest BCUT2D eigenvalue weighted by molar-refractivity contribution is -0.0564. The molecule has 3 saturated heterocycles. The quantitative estimate of drug-likeness (QED) is 0.137. The molecule has 3 aliphatic rings. The zero-order chi connectivity index (χ0) is 30.9. The number of H-pyrrole nitrogens is 1. The highest BCUT2D eigenvalue weighted by Gasteiger charge is 2.52. The predicted molar refractivity (Wildman–Crippen MR) is 148 cm³/mol. The van der Waals surface area contributed by atoms with E-state index in [4.69, 9.17) is 39.0 Å². The molecular formula is C20H23FN10O10P2S. The zero-order valence-electron chi connectivity index (χ0n) is 21.9. The molecule has 3 fully saturated rings. The monoisotopic (exact) mass is 676 g/mol. The van der Waals surface area contributed by atoms with Gasteiger partial charge in [-0.05, 0) is 0 Å². The van der Waals surface area contributed by atoms with E-state index in [0.29, 0.717) is 0 Å². The molecule has 0 spiro atoms. The number of aliphatic hydroxyl groups excluding tert-OH is 1. The third kappa shape index (κ3) is 5.10. The standard InChI is InChI=1S/C20H23FN10O10P2S/c21-8-12-7(39-18(8)30-4-26-9-14(22)24-3-25-15(9)30)2-37-43(35,44)41-13-11(32)6(1-36-42(34)40-12)38-19(13)31-5-27-10-16(31)28-20(23)29-17(10)33/h3-8,11-13,18-19,32,42H,1-2H2,(H,35,44)(H2,22,24,25)(H3,23,28,29,33)/t6-,7-,8+,11-,12-,13-,18-,19-,43-/m1/s1. The summed E-state index contributed by atoms with van der Waals surface area (Å²) in [6.45, 7) is -5.54. The largest absolute Gasteiger partial charge is 0.387 e. The number of hydrogen-bond donors (Lipinski definition) is 5. The van der Waals surface area contributed by atoms with Gasteiger partial charge in [-0.25, -0.2) is 28.9 Å². The van der Waals surface area contributed by atoms with E-state index in [1.807, 2.05) is 0 Å². The van der Waals surface area contributed by atoms with Gasteiger partial charge >= 0.3 is 15.1 Å². The van der Waals surface area contributed by atoms with E-state index >= 15 is 4.39 Å². The smallest absolute Gasteiger partial charge is 0.386 e. The van der Waals surface area contributed by atoms with Gasteiger partial charge in [0.1, 0.15) is 42.4 Å². The molecule has 1 unspecified atom stereocenters. The first-order valence-corrected chi connectivity index (χ1v) is 16.7. The van der Waals surface area contributed by atoms with Gasteiger partial charge in [-0.2, -0.15) is 4.98 Å². The first-order valence-electron chi connectivity index (χ1n) is 12.8. The number of halogens is 1. The van der Waals surface area contributed by atoms with Gasteiger partial charge in [-0.1, -0.05) is 12.2 Å². The van der Waals surface area contributed by atoms with Gasteiger partial charge in [0.05, 0.1) is 25.9 Å². The van der Waals surface area contributed by atoms with Crippen molar-refractivity contribution in [2.45, 2.75) is 49.1 Å². The molecule has 7 rings (SSSR count). The van der Waals surface area contributed by atoms with Crippen molar-refractivity contribution in [2.75, 3.05) is 24.7 Å². The summed E-state index contributed by atoms with van der Waals surface area (Å²) in [7, 11) is -3.46. The van der Waals surface area contributed by atoms with Crippen LogP contribution >= 0.6 is 27.3 Å². The van der Waals surface area contributed by atoms with Crippen molar-refractivity contribution >= 4 is 61.4 Å². The molecule has 6 N–H and O–H groups in total. The number of rotatable bonds is 2. The van der Waals surface area contributed by atoms with Crippen LogP contribution in [0.3, 0.4) is 0 Å². The summed E-state index contributed by atoms with van der Waals surface area (Å²) in [5.74, 6) is -0.167. The fourth-order valence-corrected chi connectivity index (χ4v) is 7.55. The Morgan fingerprint density at radius 2 is 1.77 bits per heavy atom. The van der Waals surface area contributed by atoms with Crippen LogP contribution in [-0.2, 0) is 36.7 Å². The number of ether oxygens (including phenoxy) is 2. The van der Waals surface area contributed by atoms with E-state index in [-0.39, 0.29) is 34.1 Å². The highest BCUT2D eigenvalue weighted by molar-refractivity contribution is 8.44. The lowest BCUT2D eigenvalue weighted by atomic mass is 10.1. The lowest BCUT2D eigenvalue weighted by Crippen LogP contribution is -2.35. The Kier molecular flexibility index (Phi) is 7.47. The second-order valence-corrected chi connectivity index (χ2v) is 13.8. The second-order valence-electron chi connectivity index (χ2n) is 9.90. The molecule has 0 saturated carbocycles. The van der Waals surface area contributed by atoms with Gasteiger partial charge in [0.2, 0.25) is 5.95 Å². The Morgan fingerprint density at radius 3 is 2.57 bits per heavy atom. The minimum absolute atomic E-state index is 0.0344. The van der Waals surface area contributed by atoms with E-state index in [0.717, 1.165) is 0 Å². The molecule has 0 radical (unpaired) electrons. The molecule has 10 atom stereocenters. The first kappa shape index (κ1) is 29.7. The average Bonchev–Trinajstić information content (AvgIpc) is 3.72. The van der Waals surface area contributed by atoms with E-state index in [2.05, 4.69) is 42.2 Å². The molecule has 0 aromatic carbocycles. The van der Waals surface area contributed by atoms with Crippen molar-refractivity contribution in [1.29, 1.82) is 0 Å². The third-order valence-electron chi connectivity index (χ3n) is 7.22. The minimum Gasteiger partial charge on any atom is -0.387 e. The van der Waals surface area contributed by atoms with Crippen LogP contribution < -0.4 is 17.0 Å². The molecular weight excluding hydrogens is 653 g/mol. The number of thiol groups is 1. The van der Waals surface area contributed by atoms with Gasteiger partial charge in [0, 0.05) is 0 Å². The molecule has 3 aliphatic heterocycles. The lowest BCUT2D eigenvalue weighted by Gasteiger charge is -2.25. The van der Waals surface area contributed by atoms with Crippen LogP contribution in [0.1, 0.15) is 12.5 Å². The normalized spacial score (nSPS) is 36.6. The van der Waals surface area contributed by atoms with Crippen molar-refractivity contribution < 1.29 is 46.2 Å². The number of nitrogens with zero attached hydrogens (tertiary/aromatic N) is 7. The molecule has 7 heterocycles. The number of hydrogen-bond acceptors (Lipinski definition) is 17. The molecule has 4 aromatic heterocycles. The van der Waals surface area contributed by atoms with Crippen LogP contribution in [0.15, 0.2) is 23.8 Å². The van der Waals surface area contributed by atoms with Crippen LogP contribution in [0.2, 0.25) is 0 Å². The van der Waals surface area contributed by atoms with E-state index < -0.39 is 83.0 Å². The number of aliphatic hydroxyl groups is 1. The molecule has 24 heteroatoms. The Balaban J connectivity index is 1.18. The Labute approximate surface area is 249 Å². The van der Waals surface area contributed by atoms with Crippen LogP contribution in [0.25, 0.3) is 22.3 Å². The third-order valence-corrected chi connectivity index (χ3v) is 9.70. The number of nitrogens with one attached hydrogen (secondary N) is 1. The molecule has 4 aromatic rings. The summed E-state index contributed by atoms with van der Waals surface area (Å²) in [5, 5.41) is 11.1. The van der Waals surface area contributed by atoms with Gasteiger partial charge in [0.15, 0.2) is 41.3 Å². The van der Waals surface area contributed by atoms with Gasteiger partial charge < -0.3 is 35.1 Å². The Bertz CT molecular complexity index is 1880. The fraction of sp³-hybridized carbons (Fsp3) is 0.500. The number of imidazole rings is 2. The number of nitrogen functional groups attached to an aromatic ring is 2. The highest BCUT2D eigenvalue weighted by Crippen LogP contribution is 2.57. The fourth-order valence-electron chi connectivity index (χ4n) is 5.22. The molecule has 20 nitrogen and oxygen atoms in total. The number of alkyl halides is 1. The molecule has 0 aliphatic carbocycles. The van der Waals surface area contributed by atoms with Crippen LogP contribution in [0.5, 0.6) is 0 Å². The van der Waals surface area contributed by atoms with E-state index in [9.17, 15) is 19.0 Å². The van der Waals surface area contributed by atoms with Gasteiger partial charge in [0.25, 0.3) is 5.56 Å². The van der Waals surface area contributed by atoms with E-state index in [1.54, 1.807) is 0 Å². The van der Waals surface area contributed by atoms with E-state index in [1.165, 1.54) is 28.1 Å². The van der Waals surface area contributed by atoms with Crippen molar-refractivity contribution in [3.8, 4) is 0 Å². The SMILES string of the molecule is Nc1nc2c(ncn2[C@@H]2O[C@@H]3CO[PH](=O)O[C@H]4[C@H](F)[C@H](n5cnc6c(N)ncnc65)O[C@@H]4CO[P@@](=O)(S)O[C@@H]2[C@@H]3O)c(=O)[nH]1. The Hall–Kier alpha value is -3.04. The summed E-state index contributed by atoms with van der Waals surface area (Å²) < 4.78 is 78.3. The maximum Gasteiger partial charge on any atom is 0.386 e. The first-order chi connectivity index (χ1) is 21.0. The summed E-state index contributed by atoms with van der Waals surface area (Å²) in [6.07, 6.45) is -8.23. The number of aromatic nitrogens is 8. The molecule has 2 bridgehead atoms. The molecule has 0 amide bonds. The summed E-state index contributed by atoms with van der Waals surface area (Å²) in [6, 6.07) is 0. The summed E-state index contributed by atoms with van der Waals surface area (Å²) in [5.41, 5.74) is 11.1. The van der Waals surface area contributed by atoms with Gasteiger partial charge in [-0.3, -0.25) is 32.5 Å². The second kappa shape index (κ2) is 11.1. The van der Waals surface area contributed by atoms with Gasteiger partial charge in [-0.15, -0.1) is 0 Å². The molecule has 44 heavy (non-hydrogen) atoms. The predicted octanol–water partition coefficient (Wildman–Crippen LogP) is -0.138. The Morgan fingerprint density at radius 1 is 1.05 bits per heavy atom. The van der Waals surface area contributed by atoms with Crippen LogP contribution in [-0.4, -0.2) is 94.0 Å². The number of fused-ring (bicyclic) bond motifs is 5. The average molecular weight is 676 g/mol.